The lowest BCUT2D eigenvalue weighted by molar-refractivity contribution is 0.390. The number of anilines is 4. The smallest absolute Gasteiger partial charge is 0.254 e. The van der Waals surface area contributed by atoms with E-state index in [1.165, 1.54) is 31.3 Å². The number of hydrogen-bond donors (Lipinski definition) is 0. The van der Waals surface area contributed by atoms with Crippen LogP contribution in [0.15, 0.2) is 130 Å². The van der Waals surface area contributed by atoms with Crippen molar-refractivity contribution >= 4 is 97.8 Å². The van der Waals surface area contributed by atoms with Gasteiger partial charge in [-0.3, -0.25) is 9.97 Å². The monoisotopic (exact) mass is 922 g/mol. The third kappa shape index (κ3) is 6.97. The number of para-hydroxylation sites is 2. The average Bonchev–Trinajstić information content (AvgIpc) is 3.94. The van der Waals surface area contributed by atoms with E-state index < -0.39 is 20.0 Å². The van der Waals surface area contributed by atoms with Crippen LogP contribution in [0.4, 0.5) is 23.0 Å². The Balaban J connectivity index is 1.07. The lowest BCUT2D eigenvalue weighted by Gasteiger charge is -2.40. The fourth-order valence-corrected chi connectivity index (χ4v) is 14.0. The van der Waals surface area contributed by atoms with E-state index in [9.17, 15) is 16.8 Å². The van der Waals surface area contributed by atoms with Crippen molar-refractivity contribution in [2.45, 2.75) is 48.9 Å². The van der Waals surface area contributed by atoms with Crippen LogP contribution in [0.1, 0.15) is 33.0 Å². The Morgan fingerprint density at radius 1 is 0.609 bits per heavy atom. The van der Waals surface area contributed by atoms with Crippen LogP contribution in [0.5, 0.6) is 0 Å². The summed E-state index contributed by atoms with van der Waals surface area (Å²) in [5, 5.41) is 6.50. The van der Waals surface area contributed by atoms with Gasteiger partial charge in [-0.15, -0.1) is 22.7 Å². The summed E-state index contributed by atoms with van der Waals surface area (Å²) in [4.78, 5) is 29.0. The molecular weight excluding hydrogens is 885 g/mol. The van der Waals surface area contributed by atoms with E-state index in [2.05, 4.69) is 22.1 Å². The Morgan fingerprint density at radius 3 is 1.73 bits per heavy atom. The van der Waals surface area contributed by atoms with Crippen LogP contribution in [0.3, 0.4) is 0 Å². The maximum atomic E-state index is 14.2. The number of hydrazine groups is 1. The molecule has 0 aliphatic carbocycles. The fourth-order valence-electron chi connectivity index (χ4n) is 8.70. The minimum atomic E-state index is -3.86. The van der Waals surface area contributed by atoms with Crippen LogP contribution in [0.25, 0.3) is 32.0 Å². The first kappa shape index (κ1) is 40.5. The maximum Gasteiger partial charge on any atom is 0.254 e. The molecule has 0 N–H and O–H groups in total. The van der Waals surface area contributed by atoms with E-state index in [1.54, 1.807) is 43.0 Å². The number of rotatable bonds is 9. The Morgan fingerprint density at radius 2 is 1.17 bits per heavy atom. The minimum Gasteiger partial charge on any atom is -0.254 e. The number of nitrogens with zero attached hydrogens (tertiary/aromatic N) is 10. The second-order valence-corrected chi connectivity index (χ2v) is 21.9. The van der Waals surface area contributed by atoms with Gasteiger partial charge in [0, 0.05) is 60.5 Å². The second kappa shape index (κ2) is 15.8. The summed E-state index contributed by atoms with van der Waals surface area (Å²) in [7, 11) is -7.69. The normalized spacial score (nSPS) is 14.8. The molecule has 14 nitrogen and oxygen atoms in total. The molecule has 0 bridgehead atoms. The first-order valence-corrected chi connectivity index (χ1v) is 25.1. The van der Waals surface area contributed by atoms with Crippen molar-refractivity contribution in [1.29, 1.82) is 0 Å². The molecule has 18 heteroatoms. The summed E-state index contributed by atoms with van der Waals surface area (Å²) in [6.07, 6.45) is 7.78. The molecule has 0 unspecified atom stereocenters. The molecule has 2 aliphatic rings. The van der Waals surface area contributed by atoms with E-state index in [0.717, 1.165) is 54.3 Å². The number of pyridine rings is 4. The average molecular weight is 923 g/mol. The van der Waals surface area contributed by atoms with Crippen LogP contribution >= 0.6 is 22.7 Å². The van der Waals surface area contributed by atoms with Gasteiger partial charge in [0.15, 0.2) is 15.8 Å². The zero-order valence-corrected chi connectivity index (χ0v) is 37.8. The predicted molar refractivity (Wildman–Crippen MR) is 250 cm³/mol. The Labute approximate surface area is 377 Å². The van der Waals surface area contributed by atoms with E-state index in [0.29, 0.717) is 46.6 Å². The number of hydrogen-bond acceptors (Lipinski definition) is 14. The lowest BCUT2D eigenvalue weighted by atomic mass is 10.0. The third-order valence-electron chi connectivity index (χ3n) is 11.8. The van der Waals surface area contributed by atoms with Crippen LogP contribution in [-0.2, 0) is 46.0 Å². The van der Waals surface area contributed by atoms with Crippen molar-refractivity contribution in [2.24, 2.45) is 0 Å². The molecule has 320 valence electrons. The van der Waals surface area contributed by atoms with Crippen molar-refractivity contribution < 1.29 is 16.8 Å². The molecule has 11 rings (SSSR count). The van der Waals surface area contributed by atoms with Crippen molar-refractivity contribution in [3.63, 3.8) is 0 Å². The van der Waals surface area contributed by atoms with E-state index in [4.69, 9.17) is 19.9 Å². The molecule has 0 fully saturated rings. The third-order valence-corrected chi connectivity index (χ3v) is 17.9. The molecule has 2 aliphatic heterocycles. The molecule has 9 aromatic rings. The first-order valence-electron chi connectivity index (χ1n) is 20.5. The molecular formula is C46H38N10O4S4. The number of thiazole rings is 2. The van der Waals surface area contributed by atoms with E-state index in [1.807, 2.05) is 90.0 Å². The Bertz CT molecular complexity index is 3540. The first-order chi connectivity index (χ1) is 31.0. The number of sulfonamides is 2. The summed E-state index contributed by atoms with van der Waals surface area (Å²) in [6.45, 7) is 4.27. The van der Waals surface area contributed by atoms with Gasteiger partial charge in [-0.05, 0) is 92.4 Å². The summed E-state index contributed by atoms with van der Waals surface area (Å²) in [5.74, 6) is 1.14. The van der Waals surface area contributed by atoms with Crippen molar-refractivity contribution in [2.75, 3.05) is 23.1 Å². The predicted octanol–water partition coefficient (Wildman–Crippen LogP) is 8.64. The SMILES string of the molecule is Cc1nc(C)c(S(=O)(=O)N2CCc3c(ccnc3N(c3cnc4ccccc4c3)N(c3cnc4ccccc4c3)c3nccc4c3CCN(S(=O)(=O)c3ccc5ncsc5c3)C4)C2)s1. The number of fused-ring (bicyclic) bond motifs is 5. The Hall–Kier alpha value is -6.28. The van der Waals surface area contributed by atoms with Gasteiger partial charge in [0.2, 0.25) is 10.0 Å². The molecule has 0 atom stereocenters. The number of benzene rings is 3. The molecule has 3 aromatic carbocycles. The second-order valence-electron chi connectivity index (χ2n) is 15.7. The molecule has 0 spiro atoms. The topological polar surface area (TPSA) is 159 Å². The van der Waals surface area contributed by atoms with Gasteiger partial charge in [-0.2, -0.15) is 8.61 Å². The number of aryl methyl sites for hydroxylation is 2. The highest BCUT2D eigenvalue weighted by Crippen LogP contribution is 2.43. The molecule has 0 saturated carbocycles. The van der Waals surface area contributed by atoms with E-state index >= 15 is 0 Å². The maximum absolute atomic E-state index is 14.2. The zero-order chi connectivity index (χ0) is 43.7. The largest absolute Gasteiger partial charge is 0.254 e. The van der Waals surface area contributed by atoms with Gasteiger partial charge < -0.3 is 0 Å². The minimum absolute atomic E-state index is 0.136. The van der Waals surface area contributed by atoms with Gasteiger partial charge in [0.1, 0.15) is 0 Å². The standard InChI is InChI=1S/C46H38N10O4S4/c1-29-46(62-30(2)52-29)64(59,60)54-20-16-39-34(27-54)14-18-48-45(39)56(36-22-32-8-4-6-10-41(32)50-25-36)55(35-21-31-7-3-5-9-40(31)49-24-35)44-38-15-19-53(26-33(38)13-17-47-44)63(57,58)37-11-12-42-43(23-37)61-28-51-42/h3-14,17-18,21-25,28H,15-16,19-20,26-27H2,1-2H3. The van der Waals surface area contributed by atoms with Crippen molar-refractivity contribution in [3.8, 4) is 0 Å². The summed E-state index contributed by atoms with van der Waals surface area (Å²) in [6, 6.07) is 28.7. The van der Waals surface area contributed by atoms with Crippen molar-refractivity contribution in [3.05, 3.63) is 154 Å². The highest BCUT2D eigenvalue weighted by atomic mass is 32.2. The summed E-state index contributed by atoms with van der Waals surface area (Å²) < 4.78 is 60.8. The summed E-state index contributed by atoms with van der Waals surface area (Å²) in [5.41, 5.74) is 9.32. The van der Waals surface area contributed by atoms with Gasteiger partial charge in [-0.25, -0.2) is 46.8 Å². The van der Waals surface area contributed by atoms with Gasteiger partial charge >= 0.3 is 0 Å². The highest BCUT2D eigenvalue weighted by Gasteiger charge is 2.37. The van der Waals surface area contributed by atoms with Gasteiger partial charge in [-0.1, -0.05) is 36.4 Å². The highest BCUT2D eigenvalue weighted by molar-refractivity contribution is 7.91. The molecule has 64 heavy (non-hydrogen) atoms. The molecule has 0 radical (unpaired) electrons. The van der Waals surface area contributed by atoms with Crippen molar-refractivity contribution in [1.82, 2.24) is 38.5 Å². The fraction of sp³-hybridized carbons (Fsp3) is 0.174. The Kier molecular flexibility index (Phi) is 9.97. The van der Waals surface area contributed by atoms with E-state index in [-0.39, 0.29) is 35.3 Å². The molecule has 0 saturated heterocycles. The quantitative estimate of drug-likeness (QED) is 0.127. The number of aromatic nitrogens is 6. The van der Waals surface area contributed by atoms with Crippen LogP contribution in [0, 0.1) is 13.8 Å². The molecule has 8 heterocycles. The van der Waals surface area contributed by atoms with Crippen LogP contribution in [-0.4, -0.2) is 68.4 Å². The molecule has 6 aromatic heterocycles. The zero-order valence-electron chi connectivity index (χ0n) is 34.5. The van der Waals surface area contributed by atoms with Gasteiger partial charge in [0.05, 0.1) is 66.1 Å². The van der Waals surface area contributed by atoms with Gasteiger partial charge in [0.25, 0.3) is 10.0 Å². The van der Waals surface area contributed by atoms with Crippen LogP contribution in [0.2, 0.25) is 0 Å². The van der Waals surface area contributed by atoms with Crippen LogP contribution < -0.4 is 10.0 Å². The summed E-state index contributed by atoms with van der Waals surface area (Å²) >= 11 is 2.60. The molecule has 0 amide bonds. The lowest BCUT2D eigenvalue weighted by Crippen LogP contribution is -2.42.